The van der Waals surface area contributed by atoms with Crippen LogP contribution < -0.4 is 20.5 Å². The number of hydrogen-bond donors (Lipinski definition) is 2. The van der Waals surface area contributed by atoms with E-state index in [1.165, 1.54) is 12.1 Å². The predicted molar refractivity (Wildman–Crippen MR) is 82.6 cm³/mol. The van der Waals surface area contributed by atoms with Crippen molar-refractivity contribution < 1.29 is 13.9 Å². The van der Waals surface area contributed by atoms with Crippen molar-refractivity contribution in [3.8, 4) is 11.5 Å². The number of hydrogen-bond acceptors (Lipinski definition) is 4. The van der Waals surface area contributed by atoms with Gasteiger partial charge in [-0.1, -0.05) is 6.07 Å². The molecular weight excluding hydrogens is 271 g/mol. The Hall–Kier alpha value is -2.43. The van der Waals surface area contributed by atoms with Crippen molar-refractivity contribution in [3.63, 3.8) is 0 Å². The molecule has 0 unspecified atom stereocenters. The molecule has 0 saturated heterocycles. The van der Waals surface area contributed by atoms with E-state index in [9.17, 15) is 4.39 Å². The van der Waals surface area contributed by atoms with Crippen molar-refractivity contribution >= 4 is 11.4 Å². The monoisotopic (exact) mass is 290 g/mol. The van der Waals surface area contributed by atoms with Gasteiger partial charge < -0.3 is 20.5 Å². The van der Waals surface area contributed by atoms with Gasteiger partial charge in [0.25, 0.3) is 0 Å². The number of rotatable bonds is 6. The van der Waals surface area contributed by atoms with Crippen LogP contribution in [0.4, 0.5) is 15.8 Å². The van der Waals surface area contributed by atoms with Gasteiger partial charge in [0.15, 0.2) is 11.5 Å². The third kappa shape index (κ3) is 3.78. The van der Waals surface area contributed by atoms with Gasteiger partial charge in [-0.3, -0.25) is 0 Å². The molecule has 0 atom stereocenters. The number of methoxy groups -OCH3 is 2. The Labute approximate surface area is 123 Å². The van der Waals surface area contributed by atoms with Gasteiger partial charge in [0, 0.05) is 6.54 Å². The van der Waals surface area contributed by atoms with Crippen LogP contribution in [0.15, 0.2) is 36.4 Å². The molecule has 112 valence electrons. The molecule has 0 fully saturated rings. The second-order valence-electron chi connectivity index (χ2n) is 4.60. The van der Waals surface area contributed by atoms with E-state index in [0.717, 1.165) is 12.0 Å². The van der Waals surface area contributed by atoms with Crippen LogP contribution in [0.1, 0.15) is 5.56 Å². The third-order valence-corrected chi connectivity index (χ3v) is 3.19. The summed E-state index contributed by atoms with van der Waals surface area (Å²) in [4.78, 5) is 0. The van der Waals surface area contributed by atoms with Crippen LogP contribution in [0, 0.1) is 5.82 Å². The summed E-state index contributed by atoms with van der Waals surface area (Å²) in [5.74, 6) is 1.08. The summed E-state index contributed by atoms with van der Waals surface area (Å²) in [6, 6.07) is 10.0. The van der Waals surface area contributed by atoms with Crippen LogP contribution in [0.2, 0.25) is 0 Å². The van der Waals surface area contributed by atoms with Crippen LogP contribution in [0.5, 0.6) is 11.5 Å². The van der Waals surface area contributed by atoms with Crippen molar-refractivity contribution in [2.75, 3.05) is 31.8 Å². The average molecular weight is 290 g/mol. The first-order valence-corrected chi connectivity index (χ1v) is 6.64. The Morgan fingerprint density at radius 2 is 1.81 bits per heavy atom. The van der Waals surface area contributed by atoms with Crippen LogP contribution in [0.3, 0.4) is 0 Å². The van der Waals surface area contributed by atoms with Gasteiger partial charge >= 0.3 is 0 Å². The Balaban J connectivity index is 1.98. The molecule has 4 nitrogen and oxygen atoms in total. The number of anilines is 2. The molecule has 0 saturated carbocycles. The van der Waals surface area contributed by atoms with Gasteiger partial charge in [0.2, 0.25) is 0 Å². The van der Waals surface area contributed by atoms with E-state index < -0.39 is 0 Å². The van der Waals surface area contributed by atoms with Crippen LogP contribution >= 0.6 is 0 Å². The van der Waals surface area contributed by atoms with Crippen molar-refractivity contribution in [2.45, 2.75) is 6.42 Å². The average Bonchev–Trinajstić information content (AvgIpc) is 2.50. The van der Waals surface area contributed by atoms with Crippen molar-refractivity contribution in [1.82, 2.24) is 0 Å². The van der Waals surface area contributed by atoms with Crippen molar-refractivity contribution in [3.05, 3.63) is 47.8 Å². The lowest BCUT2D eigenvalue weighted by atomic mass is 10.1. The number of nitrogens with two attached hydrogens (primary N) is 1. The van der Waals surface area contributed by atoms with E-state index in [2.05, 4.69) is 5.32 Å². The topological polar surface area (TPSA) is 56.5 Å². The summed E-state index contributed by atoms with van der Waals surface area (Å²) in [5, 5.41) is 3.13. The standard InChI is InChI=1S/C16H19FN2O2/c1-20-15-6-3-11(9-16(15)21-2)7-8-19-14-10-12(17)4-5-13(14)18/h3-6,9-10,19H,7-8,18H2,1-2H3. The molecule has 0 bridgehead atoms. The zero-order valence-electron chi connectivity index (χ0n) is 12.2. The van der Waals surface area contributed by atoms with Crippen LogP contribution in [-0.2, 0) is 6.42 Å². The molecule has 2 aromatic carbocycles. The van der Waals surface area contributed by atoms with Gasteiger partial charge in [0.05, 0.1) is 25.6 Å². The fourth-order valence-electron chi connectivity index (χ4n) is 2.06. The summed E-state index contributed by atoms with van der Waals surface area (Å²) in [5.41, 5.74) is 8.02. The quantitative estimate of drug-likeness (QED) is 0.803. The minimum atomic E-state index is -0.308. The lowest BCUT2D eigenvalue weighted by molar-refractivity contribution is 0.354. The molecule has 0 aromatic heterocycles. The Bertz CT molecular complexity index is 617. The molecule has 0 aliphatic heterocycles. The predicted octanol–water partition coefficient (Wildman–Crippen LogP) is 3.08. The maximum absolute atomic E-state index is 13.2. The second kappa shape index (κ2) is 6.83. The molecule has 0 heterocycles. The minimum absolute atomic E-state index is 0.308. The summed E-state index contributed by atoms with van der Waals surface area (Å²) in [7, 11) is 3.21. The fraction of sp³-hybridized carbons (Fsp3) is 0.250. The Morgan fingerprint density at radius 3 is 2.52 bits per heavy atom. The first-order chi connectivity index (χ1) is 10.1. The van der Waals surface area contributed by atoms with E-state index in [1.54, 1.807) is 20.3 Å². The zero-order valence-corrected chi connectivity index (χ0v) is 12.2. The second-order valence-corrected chi connectivity index (χ2v) is 4.60. The van der Waals surface area contributed by atoms with Crippen molar-refractivity contribution in [2.24, 2.45) is 0 Å². The minimum Gasteiger partial charge on any atom is -0.493 e. The van der Waals surface area contributed by atoms with Gasteiger partial charge in [-0.05, 0) is 42.3 Å². The maximum Gasteiger partial charge on any atom is 0.160 e. The summed E-state index contributed by atoms with van der Waals surface area (Å²) < 4.78 is 23.6. The number of nitrogen functional groups attached to an aromatic ring is 1. The molecule has 3 N–H and O–H groups in total. The number of halogens is 1. The fourth-order valence-corrected chi connectivity index (χ4v) is 2.06. The van der Waals surface area contributed by atoms with Crippen molar-refractivity contribution in [1.29, 1.82) is 0 Å². The SMILES string of the molecule is COc1ccc(CCNc2cc(F)ccc2N)cc1OC. The molecule has 2 rings (SSSR count). The number of nitrogens with one attached hydrogen (secondary N) is 1. The molecule has 5 heteroatoms. The van der Waals surface area contributed by atoms with E-state index >= 15 is 0 Å². The molecule has 0 aliphatic rings. The first-order valence-electron chi connectivity index (χ1n) is 6.64. The van der Waals surface area contributed by atoms with E-state index in [1.807, 2.05) is 18.2 Å². The molecule has 2 aromatic rings. The molecule has 0 aliphatic carbocycles. The molecule has 0 amide bonds. The normalized spacial score (nSPS) is 10.2. The molecule has 0 radical (unpaired) electrons. The molecule has 0 spiro atoms. The number of benzene rings is 2. The lowest BCUT2D eigenvalue weighted by Gasteiger charge is -2.11. The van der Waals surface area contributed by atoms with Crippen LogP contribution in [0.25, 0.3) is 0 Å². The van der Waals surface area contributed by atoms with Crippen LogP contribution in [-0.4, -0.2) is 20.8 Å². The lowest BCUT2D eigenvalue weighted by Crippen LogP contribution is -2.07. The maximum atomic E-state index is 13.2. The van der Waals surface area contributed by atoms with Gasteiger partial charge in [0.1, 0.15) is 5.82 Å². The summed E-state index contributed by atoms with van der Waals surface area (Å²) in [6.07, 6.45) is 0.760. The first kappa shape index (κ1) is 15.0. The summed E-state index contributed by atoms with van der Waals surface area (Å²) >= 11 is 0. The smallest absolute Gasteiger partial charge is 0.160 e. The molecular formula is C16H19FN2O2. The van der Waals surface area contributed by atoms with Gasteiger partial charge in [-0.15, -0.1) is 0 Å². The Kier molecular flexibility index (Phi) is 4.87. The third-order valence-electron chi connectivity index (χ3n) is 3.19. The number of ether oxygens (including phenoxy) is 2. The molecule has 21 heavy (non-hydrogen) atoms. The van der Waals surface area contributed by atoms with E-state index in [0.29, 0.717) is 29.4 Å². The van der Waals surface area contributed by atoms with E-state index in [4.69, 9.17) is 15.2 Å². The van der Waals surface area contributed by atoms with Gasteiger partial charge in [-0.25, -0.2) is 4.39 Å². The highest BCUT2D eigenvalue weighted by atomic mass is 19.1. The largest absolute Gasteiger partial charge is 0.493 e. The Morgan fingerprint density at radius 1 is 1.05 bits per heavy atom. The highest BCUT2D eigenvalue weighted by Crippen LogP contribution is 2.27. The summed E-state index contributed by atoms with van der Waals surface area (Å²) in [6.45, 7) is 0.642. The highest BCUT2D eigenvalue weighted by molar-refractivity contribution is 5.65. The van der Waals surface area contributed by atoms with E-state index in [-0.39, 0.29) is 5.82 Å². The van der Waals surface area contributed by atoms with Gasteiger partial charge in [-0.2, -0.15) is 0 Å². The highest BCUT2D eigenvalue weighted by Gasteiger charge is 2.05. The zero-order chi connectivity index (χ0) is 15.2.